The number of esters is 2. The largest absolute Gasteiger partial charge is 0.462 e. The molecule has 0 fully saturated rings. The van der Waals surface area contributed by atoms with Gasteiger partial charge in [-0.2, -0.15) is 0 Å². The molecule has 0 aliphatic carbocycles. The Labute approximate surface area is 409 Å². The molecule has 23 heteroatoms. The Bertz CT molecular complexity index is 2950. The predicted molar refractivity (Wildman–Crippen MR) is 254 cm³/mol. The summed E-state index contributed by atoms with van der Waals surface area (Å²) in [4.78, 5) is 31.9. The fourth-order valence-corrected chi connectivity index (χ4v) is 9.08. The molecule has 65 heavy (non-hydrogen) atoms. The quantitative estimate of drug-likeness (QED) is 0.0666. The predicted octanol–water partition coefficient (Wildman–Crippen LogP) is 12.6. The van der Waals surface area contributed by atoms with Crippen molar-refractivity contribution in [2.75, 3.05) is 23.7 Å². The lowest BCUT2D eigenvalue weighted by atomic mass is 10.2. The minimum absolute atomic E-state index is 0.00501. The molecule has 0 unspecified atom stereocenters. The highest BCUT2D eigenvalue weighted by Crippen LogP contribution is 2.34. The molecule has 6 aromatic rings. The molecule has 0 aliphatic rings. The molecular weight excluding hydrogens is 1030 g/mol. The van der Waals surface area contributed by atoms with Crippen molar-refractivity contribution in [3.05, 3.63) is 150 Å². The van der Waals surface area contributed by atoms with E-state index in [2.05, 4.69) is 14.7 Å². The second kappa shape index (κ2) is 23.6. The fraction of sp³-hybridized carbons (Fsp3) is 0.143. The number of nitrogens with two attached hydrogens (primary N) is 1. The summed E-state index contributed by atoms with van der Waals surface area (Å²) < 4.78 is 71.5. The zero-order valence-electron chi connectivity index (χ0n) is 34.2. The van der Waals surface area contributed by atoms with Gasteiger partial charge < -0.3 is 24.7 Å². The van der Waals surface area contributed by atoms with Crippen molar-refractivity contribution in [1.29, 1.82) is 0 Å². The topological polar surface area (TPSA) is 203 Å². The highest BCUT2D eigenvalue weighted by atomic mass is 35.7. The maximum atomic E-state index is 12.9. The van der Waals surface area contributed by atoms with Crippen LogP contribution < -0.4 is 19.9 Å². The van der Waals surface area contributed by atoms with Crippen LogP contribution in [0.15, 0.2) is 107 Å². The average molecular weight is 1070 g/mol. The smallest absolute Gasteiger partial charge is 0.342 e. The zero-order chi connectivity index (χ0) is 48.2. The lowest BCUT2D eigenvalue weighted by molar-refractivity contribution is 0.0513. The van der Waals surface area contributed by atoms with Crippen LogP contribution in [0.1, 0.15) is 45.7 Å². The highest BCUT2D eigenvalue weighted by Gasteiger charge is 2.23. The molecule has 14 nitrogen and oxygen atoms in total. The third kappa shape index (κ3) is 15.4. The molecule has 0 radical (unpaired) electrons. The van der Waals surface area contributed by atoms with Crippen LogP contribution in [-0.2, 0) is 28.5 Å². The average Bonchev–Trinajstić information content (AvgIpc) is 3.22. The number of benzene rings is 4. The van der Waals surface area contributed by atoms with E-state index in [0.717, 1.165) is 0 Å². The number of rotatable bonds is 12. The molecular formula is C42H35Cl7N4O10S2. The minimum atomic E-state index is -4.08. The number of aryl methyl sites for hydroxylation is 2. The molecule has 0 aliphatic heterocycles. The second-order valence-corrected chi connectivity index (χ2v) is 19.6. The zero-order valence-corrected chi connectivity index (χ0v) is 41.1. The molecule has 0 atom stereocenters. The molecule has 0 saturated carbocycles. The van der Waals surface area contributed by atoms with E-state index in [-0.39, 0.29) is 55.6 Å². The number of aromatic nitrogens is 2. The van der Waals surface area contributed by atoms with E-state index in [1.807, 2.05) is 0 Å². The number of carbonyl (C=O) groups is 2. The van der Waals surface area contributed by atoms with Gasteiger partial charge in [-0.1, -0.05) is 69.6 Å². The van der Waals surface area contributed by atoms with Crippen molar-refractivity contribution in [2.24, 2.45) is 0 Å². The number of carbonyl (C=O) groups excluding carboxylic acids is 2. The van der Waals surface area contributed by atoms with Crippen LogP contribution in [0.25, 0.3) is 0 Å². The van der Waals surface area contributed by atoms with Crippen molar-refractivity contribution >= 4 is 123 Å². The first kappa shape index (κ1) is 52.9. The standard InChI is InChI=1S/C21H17Cl3N2O5S.C14H13ClN2O3.C7H5Cl3O2S/c1-3-30-21(27)16-8-14(4-5-19(16)31-15-7-13(22)10-25-11-15)26-32(28,29)20-6-12(2)17(23)9-18(20)24;1-2-19-14(18)12-6-10(16)3-4-13(12)20-11-5-9(15)7-17-8-11;1-4-2-7(13(10,11)12)6(9)3-5(4)8/h4-11,26H,3H2,1-2H3;3-8H,2,16H2,1H3;2-3H,1H3. The number of halogens is 7. The molecule has 0 spiro atoms. The third-order valence-corrected chi connectivity index (χ3v) is 12.9. The Kier molecular flexibility index (Phi) is 19.2. The molecule has 3 N–H and O–H groups in total. The van der Waals surface area contributed by atoms with E-state index in [1.54, 1.807) is 45.9 Å². The van der Waals surface area contributed by atoms with Crippen molar-refractivity contribution < 1.29 is 45.4 Å². The second-order valence-electron chi connectivity index (χ2n) is 12.9. The van der Waals surface area contributed by atoms with E-state index in [1.165, 1.54) is 79.4 Å². The van der Waals surface area contributed by atoms with Gasteiger partial charge in [0, 0.05) is 56.6 Å². The summed E-state index contributed by atoms with van der Waals surface area (Å²) in [5.41, 5.74) is 7.66. The first-order valence-corrected chi connectivity index (χ1v) is 24.4. The monoisotopic (exact) mass is 1060 g/mol. The van der Waals surface area contributed by atoms with E-state index in [9.17, 15) is 26.4 Å². The Morgan fingerprint density at radius 1 is 0.600 bits per heavy atom. The van der Waals surface area contributed by atoms with Gasteiger partial charge in [0.2, 0.25) is 0 Å². The molecule has 0 saturated heterocycles. The number of nitrogen functional groups attached to an aromatic ring is 1. The van der Waals surface area contributed by atoms with Gasteiger partial charge in [-0.3, -0.25) is 14.7 Å². The number of pyridine rings is 2. The first-order chi connectivity index (χ1) is 30.5. The van der Waals surface area contributed by atoms with Gasteiger partial charge in [0.25, 0.3) is 19.1 Å². The van der Waals surface area contributed by atoms with Gasteiger partial charge in [0.1, 0.15) is 43.9 Å². The molecule has 0 bridgehead atoms. The van der Waals surface area contributed by atoms with Gasteiger partial charge >= 0.3 is 11.9 Å². The SMILES string of the molecule is CCOC(=O)c1cc(N)ccc1Oc1cncc(Cl)c1.CCOC(=O)c1cc(NS(=O)(=O)c2cc(C)c(Cl)cc2Cl)ccc1Oc1cncc(Cl)c1.Cc1cc(S(=O)(=O)Cl)c(Cl)cc1Cl. The summed E-state index contributed by atoms with van der Waals surface area (Å²) in [6.45, 7) is 7.10. The number of ether oxygens (including phenoxy) is 4. The Morgan fingerprint density at radius 2 is 1.05 bits per heavy atom. The van der Waals surface area contributed by atoms with Crippen molar-refractivity contribution in [3.8, 4) is 23.0 Å². The number of hydrogen-bond donors (Lipinski definition) is 2. The van der Waals surface area contributed by atoms with Crippen LogP contribution in [0.5, 0.6) is 23.0 Å². The molecule has 0 amide bonds. The van der Waals surface area contributed by atoms with Crippen LogP contribution in [0, 0.1) is 13.8 Å². The number of nitrogens with zero attached hydrogens (tertiary/aromatic N) is 2. The summed E-state index contributed by atoms with van der Waals surface area (Å²) in [6.07, 6.45) is 5.84. The van der Waals surface area contributed by atoms with Crippen molar-refractivity contribution in [2.45, 2.75) is 37.5 Å². The number of nitrogens with one attached hydrogen (secondary N) is 1. The molecule has 2 heterocycles. The van der Waals surface area contributed by atoms with Crippen LogP contribution in [-0.4, -0.2) is 52.0 Å². The van der Waals surface area contributed by atoms with Gasteiger partial charge in [0.05, 0.1) is 45.7 Å². The summed E-state index contributed by atoms with van der Waals surface area (Å²) in [5, 5.41) is 1.54. The van der Waals surface area contributed by atoms with Crippen molar-refractivity contribution in [1.82, 2.24) is 9.97 Å². The Balaban J connectivity index is 0.000000238. The normalized spacial score (nSPS) is 10.9. The minimum Gasteiger partial charge on any atom is -0.462 e. The van der Waals surface area contributed by atoms with Crippen LogP contribution in [0.4, 0.5) is 11.4 Å². The lowest BCUT2D eigenvalue weighted by Gasteiger charge is -2.14. The van der Waals surface area contributed by atoms with Crippen LogP contribution in [0.2, 0.25) is 30.1 Å². The maximum Gasteiger partial charge on any atom is 0.342 e. The molecule has 6 rings (SSSR count). The number of sulfonamides is 1. The maximum absolute atomic E-state index is 12.9. The van der Waals surface area contributed by atoms with Gasteiger partial charge in [-0.15, -0.1) is 0 Å². The lowest BCUT2D eigenvalue weighted by Crippen LogP contribution is -2.15. The fourth-order valence-electron chi connectivity index (χ4n) is 5.07. The summed E-state index contributed by atoms with van der Waals surface area (Å²) in [7, 11) is -2.73. The van der Waals surface area contributed by atoms with Gasteiger partial charge in [-0.05, 0) is 99.5 Å². The number of anilines is 2. The van der Waals surface area contributed by atoms with E-state index < -0.39 is 31.0 Å². The summed E-state index contributed by atoms with van der Waals surface area (Å²) in [6, 6.07) is 17.4. The highest BCUT2D eigenvalue weighted by molar-refractivity contribution is 8.13. The first-order valence-electron chi connectivity index (χ1n) is 18.4. The summed E-state index contributed by atoms with van der Waals surface area (Å²) >= 11 is 35.2. The molecule has 344 valence electrons. The van der Waals surface area contributed by atoms with Gasteiger partial charge in [-0.25, -0.2) is 26.4 Å². The molecule has 2 aromatic heterocycles. The Hall–Kier alpha value is -4.75. The summed E-state index contributed by atoms with van der Waals surface area (Å²) in [5.74, 6) is -0.00568. The van der Waals surface area contributed by atoms with E-state index in [0.29, 0.717) is 54.2 Å². The van der Waals surface area contributed by atoms with Crippen LogP contribution >= 0.6 is 80.3 Å². The number of hydrogen-bond acceptors (Lipinski definition) is 13. The van der Waals surface area contributed by atoms with E-state index >= 15 is 0 Å². The van der Waals surface area contributed by atoms with Crippen LogP contribution in [0.3, 0.4) is 0 Å². The molecule has 4 aromatic carbocycles. The van der Waals surface area contributed by atoms with Gasteiger partial charge in [0.15, 0.2) is 0 Å². The van der Waals surface area contributed by atoms with E-state index in [4.69, 9.17) is 105 Å². The van der Waals surface area contributed by atoms with Crippen molar-refractivity contribution in [3.63, 3.8) is 0 Å². The Morgan fingerprint density at radius 3 is 1.51 bits per heavy atom. The third-order valence-electron chi connectivity index (χ3n) is 8.02.